The number of aryl methyl sites for hydroxylation is 1. The third kappa shape index (κ3) is 6.13. The van der Waals surface area contributed by atoms with E-state index in [-0.39, 0.29) is 25.0 Å². The molecule has 1 aromatic carbocycles. The van der Waals surface area contributed by atoms with Crippen LogP contribution in [0.1, 0.15) is 37.1 Å². The molecule has 2 aromatic rings. The maximum atomic E-state index is 13.6. The molecule has 1 aliphatic heterocycles. The molecule has 0 aliphatic carbocycles. The summed E-state index contributed by atoms with van der Waals surface area (Å²) in [7, 11) is 6.69. The van der Waals surface area contributed by atoms with E-state index >= 15 is 0 Å². The molecule has 1 aromatic heterocycles. The molecular formula is C25H35N5O5. The Bertz CT molecular complexity index is 1050. The van der Waals surface area contributed by atoms with Crippen LogP contribution in [0.25, 0.3) is 0 Å². The fourth-order valence-corrected chi connectivity index (χ4v) is 4.03. The predicted molar refractivity (Wildman–Crippen MR) is 133 cm³/mol. The molecule has 1 aliphatic rings. The quantitative estimate of drug-likeness (QED) is 0.528. The molecule has 0 radical (unpaired) electrons. The summed E-state index contributed by atoms with van der Waals surface area (Å²) in [5.74, 6) is 0.988. The highest BCUT2D eigenvalue weighted by molar-refractivity contribution is 6.02. The Labute approximate surface area is 206 Å². The first-order chi connectivity index (χ1) is 16.9. The van der Waals surface area contributed by atoms with Gasteiger partial charge >= 0.3 is 6.03 Å². The van der Waals surface area contributed by atoms with E-state index < -0.39 is 6.04 Å². The summed E-state index contributed by atoms with van der Waals surface area (Å²) in [6.45, 7) is 2.97. The maximum Gasteiger partial charge on any atom is 0.317 e. The van der Waals surface area contributed by atoms with Gasteiger partial charge in [0.15, 0.2) is 0 Å². The molecule has 10 heteroatoms. The van der Waals surface area contributed by atoms with Crippen molar-refractivity contribution in [1.82, 2.24) is 19.8 Å². The minimum absolute atomic E-state index is 0.133. The van der Waals surface area contributed by atoms with Crippen LogP contribution in [0.4, 0.5) is 4.79 Å². The molecule has 1 N–H and O–H groups in total. The van der Waals surface area contributed by atoms with E-state index in [1.807, 2.05) is 55.1 Å². The molecule has 190 valence electrons. The molecule has 0 bridgehead atoms. The number of aromatic nitrogens is 1. The Morgan fingerprint density at radius 3 is 2.63 bits per heavy atom. The molecule has 0 saturated heterocycles. The number of methoxy groups -OCH3 is 3. The summed E-state index contributed by atoms with van der Waals surface area (Å²) in [5, 5.41) is 9.03. The van der Waals surface area contributed by atoms with E-state index in [2.05, 4.69) is 5.32 Å². The van der Waals surface area contributed by atoms with Crippen LogP contribution in [-0.2, 0) is 16.6 Å². The van der Waals surface area contributed by atoms with E-state index in [9.17, 15) is 9.59 Å². The number of urea groups is 1. The average Bonchev–Trinajstić information content (AvgIpc) is 3.50. The normalized spacial score (nSPS) is 15.1. The minimum Gasteiger partial charge on any atom is -0.497 e. The summed E-state index contributed by atoms with van der Waals surface area (Å²) in [4.78, 5) is 27.8. The number of ether oxygens (including phenoxy) is 3. The SMILES string of the molecule is CCCNC(=O)N(CCOC)CC(=O)N1N=C(c2cccn2C)CC1c1cc(OC)ccc1OC. The van der Waals surface area contributed by atoms with Crippen molar-refractivity contribution >= 4 is 17.6 Å². The van der Waals surface area contributed by atoms with Crippen molar-refractivity contribution in [3.8, 4) is 11.5 Å². The molecule has 0 saturated carbocycles. The number of rotatable bonds is 11. The molecule has 1 unspecified atom stereocenters. The van der Waals surface area contributed by atoms with Crippen LogP contribution >= 0.6 is 0 Å². The largest absolute Gasteiger partial charge is 0.497 e. The van der Waals surface area contributed by atoms with Crippen LogP contribution in [0.5, 0.6) is 11.5 Å². The van der Waals surface area contributed by atoms with Crippen LogP contribution in [0, 0.1) is 0 Å². The van der Waals surface area contributed by atoms with Crippen LogP contribution < -0.4 is 14.8 Å². The zero-order chi connectivity index (χ0) is 25.4. The minimum atomic E-state index is -0.416. The molecular weight excluding hydrogens is 450 g/mol. The molecule has 0 fully saturated rings. The zero-order valence-corrected chi connectivity index (χ0v) is 21.1. The highest BCUT2D eigenvalue weighted by Crippen LogP contribution is 2.39. The third-order valence-corrected chi connectivity index (χ3v) is 5.91. The lowest BCUT2D eigenvalue weighted by molar-refractivity contribution is -0.133. The van der Waals surface area contributed by atoms with Crippen molar-refractivity contribution in [2.24, 2.45) is 12.1 Å². The highest BCUT2D eigenvalue weighted by atomic mass is 16.5. The van der Waals surface area contributed by atoms with Crippen molar-refractivity contribution in [1.29, 1.82) is 0 Å². The zero-order valence-electron chi connectivity index (χ0n) is 21.1. The van der Waals surface area contributed by atoms with E-state index in [4.69, 9.17) is 19.3 Å². The Morgan fingerprint density at radius 1 is 1.20 bits per heavy atom. The lowest BCUT2D eigenvalue weighted by atomic mass is 9.99. The van der Waals surface area contributed by atoms with Gasteiger partial charge in [0.25, 0.3) is 5.91 Å². The number of carbonyl (C=O) groups excluding carboxylic acids is 2. The number of carbonyl (C=O) groups is 2. The monoisotopic (exact) mass is 485 g/mol. The first kappa shape index (κ1) is 26.1. The van der Waals surface area contributed by atoms with Crippen molar-refractivity contribution in [3.05, 3.63) is 47.8 Å². The van der Waals surface area contributed by atoms with Crippen molar-refractivity contribution in [2.45, 2.75) is 25.8 Å². The van der Waals surface area contributed by atoms with Gasteiger partial charge in [-0.2, -0.15) is 5.10 Å². The van der Waals surface area contributed by atoms with E-state index in [0.29, 0.717) is 31.1 Å². The number of benzene rings is 1. The first-order valence-electron chi connectivity index (χ1n) is 11.7. The molecule has 1 atom stereocenters. The van der Waals surface area contributed by atoms with Crippen molar-refractivity contribution < 1.29 is 23.8 Å². The van der Waals surface area contributed by atoms with Gasteiger partial charge in [0.2, 0.25) is 0 Å². The molecule has 35 heavy (non-hydrogen) atoms. The Hall–Kier alpha value is -3.53. The molecule has 2 heterocycles. The fourth-order valence-electron chi connectivity index (χ4n) is 4.03. The van der Waals surface area contributed by atoms with Crippen LogP contribution in [0.15, 0.2) is 41.6 Å². The lowest BCUT2D eigenvalue weighted by Crippen LogP contribution is -2.47. The highest BCUT2D eigenvalue weighted by Gasteiger charge is 2.36. The molecule has 3 amide bonds. The van der Waals surface area contributed by atoms with Gasteiger partial charge in [-0.15, -0.1) is 0 Å². The van der Waals surface area contributed by atoms with Gasteiger partial charge < -0.3 is 29.0 Å². The van der Waals surface area contributed by atoms with Crippen molar-refractivity contribution in [3.63, 3.8) is 0 Å². The second kappa shape index (κ2) is 12.3. The number of nitrogens with one attached hydrogen (secondary N) is 1. The van der Waals surface area contributed by atoms with Gasteiger partial charge in [-0.1, -0.05) is 6.92 Å². The fraction of sp³-hybridized carbons (Fsp3) is 0.480. The lowest BCUT2D eigenvalue weighted by Gasteiger charge is -2.27. The first-order valence-corrected chi connectivity index (χ1v) is 11.7. The summed E-state index contributed by atoms with van der Waals surface area (Å²) in [6.07, 6.45) is 3.23. The second-order valence-electron chi connectivity index (χ2n) is 8.26. The van der Waals surface area contributed by atoms with Gasteiger partial charge in [-0.25, -0.2) is 9.80 Å². The summed E-state index contributed by atoms with van der Waals surface area (Å²) < 4.78 is 18.2. The van der Waals surface area contributed by atoms with E-state index in [1.165, 1.54) is 9.91 Å². The number of hydrazone groups is 1. The summed E-state index contributed by atoms with van der Waals surface area (Å²) in [5.41, 5.74) is 2.48. The van der Waals surface area contributed by atoms with Crippen molar-refractivity contribution in [2.75, 3.05) is 47.6 Å². The Balaban J connectivity index is 1.95. The van der Waals surface area contributed by atoms with Crippen LogP contribution in [0.2, 0.25) is 0 Å². The third-order valence-electron chi connectivity index (χ3n) is 5.91. The number of amides is 3. The van der Waals surface area contributed by atoms with E-state index in [1.54, 1.807) is 21.3 Å². The van der Waals surface area contributed by atoms with Gasteiger partial charge in [-0.05, 0) is 36.8 Å². The molecule has 3 rings (SSSR count). The van der Waals surface area contributed by atoms with Crippen LogP contribution in [0.3, 0.4) is 0 Å². The summed E-state index contributed by atoms with van der Waals surface area (Å²) >= 11 is 0. The molecule has 10 nitrogen and oxygen atoms in total. The predicted octanol–water partition coefficient (Wildman–Crippen LogP) is 2.79. The standard InChI is InChI=1S/C25H35N5O5/c1-6-11-26-25(32)29(13-14-33-3)17-24(31)30-22(16-20(27-30)21-8-7-12-28(21)2)19-15-18(34-4)9-10-23(19)35-5/h7-10,12,15,22H,6,11,13-14,16-17H2,1-5H3,(H,26,32). The van der Waals surface area contributed by atoms with Gasteiger partial charge in [-0.3, -0.25) is 4.79 Å². The second-order valence-corrected chi connectivity index (χ2v) is 8.26. The number of hydrogen-bond acceptors (Lipinski definition) is 6. The Kier molecular flexibility index (Phi) is 9.13. The van der Waals surface area contributed by atoms with Gasteiger partial charge in [0.1, 0.15) is 18.0 Å². The number of hydrogen-bond donors (Lipinski definition) is 1. The number of nitrogens with zero attached hydrogens (tertiary/aromatic N) is 4. The van der Waals surface area contributed by atoms with Gasteiger partial charge in [0.05, 0.1) is 38.3 Å². The molecule has 0 spiro atoms. The van der Waals surface area contributed by atoms with Gasteiger partial charge in [0, 0.05) is 45.4 Å². The average molecular weight is 486 g/mol. The smallest absolute Gasteiger partial charge is 0.317 e. The Morgan fingerprint density at radius 2 is 2.00 bits per heavy atom. The topological polar surface area (TPSA) is 97.6 Å². The van der Waals surface area contributed by atoms with Crippen LogP contribution in [-0.4, -0.2) is 79.7 Å². The summed E-state index contributed by atoms with van der Waals surface area (Å²) in [6, 6.07) is 8.68. The maximum absolute atomic E-state index is 13.6. The van der Waals surface area contributed by atoms with E-state index in [0.717, 1.165) is 23.4 Å².